The SMILES string of the molecule is CC1CN(c2ccccc2-c2cnc(N3CCOCC3)nc2)CCN1C(=O)Cn1ccc2cccnc21. The number of rotatable bonds is 5. The summed E-state index contributed by atoms with van der Waals surface area (Å²) in [5, 5.41) is 1.05. The first-order valence-electron chi connectivity index (χ1n) is 12.9. The summed E-state index contributed by atoms with van der Waals surface area (Å²) in [6, 6.07) is 14.4. The number of pyridine rings is 1. The van der Waals surface area contributed by atoms with Crippen LogP contribution in [0.5, 0.6) is 0 Å². The maximum absolute atomic E-state index is 13.2. The molecule has 0 spiro atoms. The molecule has 1 atom stereocenters. The number of piperazine rings is 1. The number of hydrogen-bond donors (Lipinski definition) is 0. The molecule has 1 amide bonds. The highest BCUT2D eigenvalue weighted by atomic mass is 16.5. The summed E-state index contributed by atoms with van der Waals surface area (Å²) in [5.74, 6) is 0.867. The molecule has 0 bridgehead atoms. The van der Waals surface area contributed by atoms with Gasteiger partial charge in [0.1, 0.15) is 12.2 Å². The van der Waals surface area contributed by atoms with Gasteiger partial charge in [0, 0.05) is 85.8 Å². The second-order valence-corrected chi connectivity index (χ2v) is 9.63. The lowest BCUT2D eigenvalue weighted by Crippen LogP contribution is -2.54. The van der Waals surface area contributed by atoms with Crippen molar-refractivity contribution in [2.24, 2.45) is 0 Å². The van der Waals surface area contributed by atoms with Crippen LogP contribution in [0.2, 0.25) is 0 Å². The summed E-state index contributed by atoms with van der Waals surface area (Å²) < 4.78 is 7.38. The number of fused-ring (bicyclic) bond motifs is 1. The third kappa shape index (κ3) is 4.74. The zero-order chi connectivity index (χ0) is 25.2. The van der Waals surface area contributed by atoms with Crippen LogP contribution in [0.25, 0.3) is 22.2 Å². The summed E-state index contributed by atoms with van der Waals surface area (Å²) in [5.41, 5.74) is 4.08. The molecular weight excluding hydrogens is 466 g/mol. The van der Waals surface area contributed by atoms with Crippen LogP contribution < -0.4 is 9.80 Å². The van der Waals surface area contributed by atoms with Gasteiger partial charge in [-0.15, -0.1) is 0 Å². The minimum absolute atomic E-state index is 0.0871. The second kappa shape index (κ2) is 10.2. The van der Waals surface area contributed by atoms with Crippen LogP contribution in [-0.4, -0.2) is 82.3 Å². The highest BCUT2D eigenvalue weighted by Gasteiger charge is 2.29. The maximum Gasteiger partial charge on any atom is 0.242 e. The van der Waals surface area contributed by atoms with Crippen LogP contribution in [0.3, 0.4) is 0 Å². The fourth-order valence-corrected chi connectivity index (χ4v) is 5.31. The molecule has 2 fully saturated rings. The minimum Gasteiger partial charge on any atom is -0.378 e. The van der Waals surface area contributed by atoms with Crippen molar-refractivity contribution in [2.45, 2.75) is 19.5 Å². The predicted molar refractivity (Wildman–Crippen MR) is 144 cm³/mol. The third-order valence-corrected chi connectivity index (χ3v) is 7.26. The molecule has 0 aliphatic carbocycles. The van der Waals surface area contributed by atoms with Crippen LogP contribution in [0.15, 0.2) is 67.3 Å². The fraction of sp³-hybridized carbons (Fsp3) is 0.357. The van der Waals surface area contributed by atoms with Gasteiger partial charge in [-0.05, 0) is 31.2 Å². The molecule has 3 aromatic heterocycles. The van der Waals surface area contributed by atoms with E-state index in [1.807, 2.05) is 52.3 Å². The summed E-state index contributed by atoms with van der Waals surface area (Å²) in [7, 11) is 0. The van der Waals surface area contributed by atoms with Crippen molar-refractivity contribution in [3.63, 3.8) is 0 Å². The van der Waals surface area contributed by atoms with Crippen LogP contribution in [0, 0.1) is 0 Å². The van der Waals surface area contributed by atoms with E-state index < -0.39 is 0 Å². The zero-order valence-corrected chi connectivity index (χ0v) is 21.0. The van der Waals surface area contributed by atoms with Crippen molar-refractivity contribution >= 4 is 28.6 Å². The van der Waals surface area contributed by atoms with Gasteiger partial charge in [-0.25, -0.2) is 15.0 Å². The van der Waals surface area contributed by atoms with Crippen molar-refractivity contribution in [1.29, 1.82) is 0 Å². The van der Waals surface area contributed by atoms with Gasteiger partial charge >= 0.3 is 0 Å². The quantitative estimate of drug-likeness (QED) is 0.419. The Morgan fingerprint density at radius 2 is 1.76 bits per heavy atom. The summed E-state index contributed by atoms with van der Waals surface area (Å²) >= 11 is 0. The van der Waals surface area contributed by atoms with E-state index in [1.165, 1.54) is 0 Å². The molecule has 2 aliphatic rings. The number of nitrogens with zero attached hydrogens (tertiary/aromatic N) is 7. The molecule has 0 saturated carbocycles. The van der Waals surface area contributed by atoms with Gasteiger partial charge in [0.2, 0.25) is 11.9 Å². The first-order chi connectivity index (χ1) is 18.2. The van der Waals surface area contributed by atoms with Crippen LogP contribution >= 0.6 is 0 Å². The average Bonchev–Trinajstić information content (AvgIpc) is 3.36. The van der Waals surface area contributed by atoms with Crippen LogP contribution in [-0.2, 0) is 16.1 Å². The Balaban J connectivity index is 1.15. The second-order valence-electron chi connectivity index (χ2n) is 9.63. The Morgan fingerprint density at radius 3 is 2.57 bits per heavy atom. The van der Waals surface area contributed by atoms with Gasteiger partial charge in [0.05, 0.1) is 13.2 Å². The Bertz CT molecular complexity index is 1380. The standard InChI is InChI=1S/C28H31N7O2/c1-21-19-33(11-12-35(21)26(36)20-34-10-8-22-5-4-9-29-27(22)34)25-7-3-2-6-24(25)23-17-30-28(31-18-23)32-13-15-37-16-14-32/h2-10,17-18,21H,11-16,19-20H2,1H3. The van der Waals surface area contributed by atoms with Crippen molar-refractivity contribution < 1.29 is 9.53 Å². The molecule has 2 saturated heterocycles. The molecule has 1 aromatic carbocycles. The van der Waals surface area contributed by atoms with E-state index in [-0.39, 0.29) is 11.9 Å². The Labute approximate surface area is 216 Å². The van der Waals surface area contributed by atoms with E-state index in [0.717, 1.165) is 60.0 Å². The van der Waals surface area contributed by atoms with Crippen molar-refractivity contribution in [3.8, 4) is 11.1 Å². The molecule has 2 aliphatic heterocycles. The van der Waals surface area contributed by atoms with Gasteiger partial charge in [0.15, 0.2) is 0 Å². The first-order valence-corrected chi connectivity index (χ1v) is 12.9. The third-order valence-electron chi connectivity index (χ3n) is 7.26. The monoisotopic (exact) mass is 497 g/mol. The van der Waals surface area contributed by atoms with Crippen LogP contribution in [0.1, 0.15) is 6.92 Å². The molecule has 0 N–H and O–H groups in total. The smallest absolute Gasteiger partial charge is 0.242 e. The van der Waals surface area contributed by atoms with Crippen LogP contribution in [0.4, 0.5) is 11.6 Å². The lowest BCUT2D eigenvalue weighted by molar-refractivity contribution is -0.134. The number of benzene rings is 1. The maximum atomic E-state index is 13.2. The molecular formula is C28H31N7O2. The molecule has 190 valence electrons. The Hall–Kier alpha value is -3.98. The number of morpholine rings is 1. The largest absolute Gasteiger partial charge is 0.378 e. The number of anilines is 2. The minimum atomic E-state index is 0.0871. The number of para-hydroxylation sites is 1. The van der Waals surface area contributed by atoms with E-state index in [2.05, 4.69) is 49.9 Å². The van der Waals surface area contributed by atoms with E-state index >= 15 is 0 Å². The van der Waals surface area contributed by atoms with Crippen molar-refractivity contribution in [2.75, 3.05) is 55.7 Å². The zero-order valence-electron chi connectivity index (χ0n) is 21.0. The molecule has 4 aromatic rings. The van der Waals surface area contributed by atoms with E-state index in [4.69, 9.17) is 4.74 Å². The normalized spacial score (nSPS) is 18.4. The summed E-state index contributed by atoms with van der Waals surface area (Å²) in [4.78, 5) is 33.5. The first kappa shape index (κ1) is 23.4. The molecule has 1 unspecified atom stereocenters. The molecule has 9 heteroatoms. The topological polar surface area (TPSA) is 79.6 Å². The average molecular weight is 498 g/mol. The Kier molecular flexibility index (Phi) is 6.44. The molecule has 6 rings (SSSR count). The fourth-order valence-electron chi connectivity index (χ4n) is 5.31. The lowest BCUT2D eigenvalue weighted by atomic mass is 10.0. The number of carbonyl (C=O) groups excluding carboxylic acids is 1. The number of aromatic nitrogens is 4. The summed E-state index contributed by atoms with van der Waals surface area (Å²) in [6.45, 7) is 7.67. The highest BCUT2D eigenvalue weighted by Crippen LogP contribution is 2.32. The lowest BCUT2D eigenvalue weighted by Gasteiger charge is -2.41. The van der Waals surface area contributed by atoms with E-state index in [1.54, 1.807) is 6.20 Å². The van der Waals surface area contributed by atoms with E-state index in [0.29, 0.717) is 26.3 Å². The molecule has 9 nitrogen and oxygen atoms in total. The molecule has 5 heterocycles. The van der Waals surface area contributed by atoms with E-state index in [9.17, 15) is 4.79 Å². The van der Waals surface area contributed by atoms with Gasteiger partial charge in [-0.3, -0.25) is 4.79 Å². The van der Waals surface area contributed by atoms with Gasteiger partial charge in [0.25, 0.3) is 0 Å². The van der Waals surface area contributed by atoms with Gasteiger partial charge in [-0.1, -0.05) is 18.2 Å². The number of carbonyl (C=O) groups is 1. The number of ether oxygens (including phenoxy) is 1. The Morgan fingerprint density at radius 1 is 0.946 bits per heavy atom. The number of hydrogen-bond acceptors (Lipinski definition) is 7. The van der Waals surface area contributed by atoms with Crippen molar-refractivity contribution in [1.82, 2.24) is 24.4 Å². The van der Waals surface area contributed by atoms with Crippen molar-refractivity contribution in [3.05, 3.63) is 67.3 Å². The predicted octanol–water partition coefficient (Wildman–Crippen LogP) is 3.07. The number of amides is 1. The highest BCUT2D eigenvalue weighted by molar-refractivity contribution is 5.82. The molecule has 37 heavy (non-hydrogen) atoms. The summed E-state index contributed by atoms with van der Waals surface area (Å²) in [6.07, 6.45) is 7.53. The molecule has 0 radical (unpaired) electrons. The van der Waals surface area contributed by atoms with Gasteiger partial charge in [-0.2, -0.15) is 0 Å². The van der Waals surface area contributed by atoms with Gasteiger partial charge < -0.3 is 24.0 Å².